The summed E-state index contributed by atoms with van der Waals surface area (Å²) in [5.41, 5.74) is 7.27. The van der Waals surface area contributed by atoms with E-state index in [1.54, 1.807) is 0 Å². The molecule has 104 valence electrons. The fraction of sp³-hybridized carbons (Fsp3) is 0.571. The molecule has 5 heteroatoms. The first-order valence-corrected chi connectivity index (χ1v) is 6.85. The Morgan fingerprint density at radius 3 is 3.05 bits per heavy atom. The maximum atomic E-state index is 8.78. The Balaban J connectivity index is 2.19. The lowest BCUT2D eigenvalue weighted by atomic mass is 10.0. The van der Waals surface area contributed by atoms with Crippen LogP contribution in [0.2, 0.25) is 0 Å². The van der Waals surface area contributed by atoms with Crippen LogP contribution in [-0.4, -0.2) is 29.1 Å². The highest BCUT2D eigenvalue weighted by Gasteiger charge is 2.23. The summed E-state index contributed by atoms with van der Waals surface area (Å²) in [4.78, 5) is 6.85. The molecule has 5 nitrogen and oxygen atoms in total. The van der Waals surface area contributed by atoms with Gasteiger partial charge in [-0.2, -0.15) is 0 Å². The molecule has 2 heterocycles. The van der Waals surface area contributed by atoms with Gasteiger partial charge in [0.25, 0.3) is 0 Å². The lowest BCUT2D eigenvalue weighted by Crippen LogP contribution is -2.22. The van der Waals surface area contributed by atoms with E-state index in [4.69, 9.17) is 10.9 Å². The van der Waals surface area contributed by atoms with Crippen LogP contribution < -0.4 is 10.6 Å². The number of pyridine rings is 1. The summed E-state index contributed by atoms with van der Waals surface area (Å²) in [5, 5.41) is 11.8. The number of aryl methyl sites for hydroxylation is 1. The van der Waals surface area contributed by atoms with E-state index in [1.165, 1.54) is 19.3 Å². The standard InChI is InChI=1S/C14H22N4O/c1-3-4-11-5-6-18(9-11)13-8-12(14(15)17-19)7-10(2)16-13/h7-8,11,19H,3-6,9H2,1-2H3,(H2,15,17). The Kier molecular flexibility index (Phi) is 4.24. The third-order valence-electron chi connectivity index (χ3n) is 3.65. The van der Waals surface area contributed by atoms with Crippen molar-refractivity contribution in [3.8, 4) is 0 Å². The van der Waals surface area contributed by atoms with Crippen LogP contribution in [-0.2, 0) is 0 Å². The average molecular weight is 262 g/mol. The van der Waals surface area contributed by atoms with E-state index in [-0.39, 0.29) is 5.84 Å². The van der Waals surface area contributed by atoms with Gasteiger partial charge in [-0.3, -0.25) is 0 Å². The molecule has 0 saturated carbocycles. The second kappa shape index (κ2) is 5.91. The Morgan fingerprint density at radius 2 is 2.37 bits per heavy atom. The number of hydrogen-bond donors (Lipinski definition) is 2. The molecule has 1 fully saturated rings. The van der Waals surface area contributed by atoms with Gasteiger partial charge >= 0.3 is 0 Å². The first kappa shape index (κ1) is 13.6. The van der Waals surface area contributed by atoms with Gasteiger partial charge in [0.2, 0.25) is 0 Å². The summed E-state index contributed by atoms with van der Waals surface area (Å²) in [6.45, 7) is 6.25. The van der Waals surface area contributed by atoms with Gasteiger partial charge in [-0.05, 0) is 37.8 Å². The van der Waals surface area contributed by atoms with Crippen LogP contribution in [0.1, 0.15) is 37.4 Å². The number of oxime groups is 1. The van der Waals surface area contributed by atoms with Crippen molar-refractivity contribution in [3.63, 3.8) is 0 Å². The van der Waals surface area contributed by atoms with E-state index in [9.17, 15) is 0 Å². The van der Waals surface area contributed by atoms with Crippen LogP contribution in [0.5, 0.6) is 0 Å². The van der Waals surface area contributed by atoms with Crippen LogP contribution >= 0.6 is 0 Å². The maximum Gasteiger partial charge on any atom is 0.170 e. The molecule has 19 heavy (non-hydrogen) atoms. The second-order valence-corrected chi connectivity index (χ2v) is 5.23. The molecule has 1 unspecified atom stereocenters. The molecule has 1 saturated heterocycles. The molecule has 1 aromatic rings. The first-order chi connectivity index (χ1) is 9.13. The zero-order valence-electron chi connectivity index (χ0n) is 11.6. The number of aromatic nitrogens is 1. The number of hydrogen-bond acceptors (Lipinski definition) is 4. The molecule has 0 radical (unpaired) electrons. The minimum atomic E-state index is 0.135. The number of nitrogens with two attached hydrogens (primary N) is 1. The normalized spacial score (nSPS) is 20.0. The smallest absolute Gasteiger partial charge is 0.170 e. The molecule has 1 aliphatic rings. The molecule has 1 aromatic heterocycles. The minimum Gasteiger partial charge on any atom is -0.409 e. The van der Waals surface area contributed by atoms with Crippen molar-refractivity contribution >= 4 is 11.7 Å². The van der Waals surface area contributed by atoms with Crippen molar-refractivity contribution in [2.45, 2.75) is 33.1 Å². The van der Waals surface area contributed by atoms with Crippen LogP contribution in [0.3, 0.4) is 0 Å². The minimum absolute atomic E-state index is 0.135. The topological polar surface area (TPSA) is 74.7 Å². The predicted octanol–water partition coefficient (Wildman–Crippen LogP) is 2.11. The Hall–Kier alpha value is -1.78. The zero-order valence-corrected chi connectivity index (χ0v) is 11.6. The lowest BCUT2D eigenvalue weighted by Gasteiger charge is -2.19. The van der Waals surface area contributed by atoms with Gasteiger partial charge < -0.3 is 15.8 Å². The van der Waals surface area contributed by atoms with E-state index in [2.05, 4.69) is 22.0 Å². The zero-order chi connectivity index (χ0) is 13.8. The summed E-state index contributed by atoms with van der Waals surface area (Å²) in [6.07, 6.45) is 3.73. The third kappa shape index (κ3) is 3.16. The second-order valence-electron chi connectivity index (χ2n) is 5.23. The van der Waals surface area contributed by atoms with Crippen LogP contribution in [0.15, 0.2) is 17.3 Å². The van der Waals surface area contributed by atoms with Crippen molar-refractivity contribution in [3.05, 3.63) is 23.4 Å². The van der Waals surface area contributed by atoms with Crippen molar-refractivity contribution in [2.24, 2.45) is 16.8 Å². The number of amidine groups is 1. The predicted molar refractivity (Wildman–Crippen MR) is 76.7 cm³/mol. The highest BCUT2D eigenvalue weighted by molar-refractivity contribution is 5.97. The molecular weight excluding hydrogens is 240 g/mol. The fourth-order valence-electron chi connectivity index (χ4n) is 2.70. The average Bonchev–Trinajstić information content (AvgIpc) is 2.86. The van der Waals surface area contributed by atoms with Crippen LogP contribution in [0.4, 0.5) is 5.82 Å². The highest BCUT2D eigenvalue weighted by Crippen LogP contribution is 2.26. The molecule has 0 spiro atoms. The van der Waals surface area contributed by atoms with Gasteiger partial charge in [-0.15, -0.1) is 0 Å². The molecule has 0 aliphatic carbocycles. The van der Waals surface area contributed by atoms with Gasteiger partial charge in [0.15, 0.2) is 5.84 Å². The molecule has 0 amide bonds. The summed E-state index contributed by atoms with van der Waals surface area (Å²) < 4.78 is 0. The molecule has 1 atom stereocenters. The van der Waals surface area contributed by atoms with Crippen LogP contribution in [0.25, 0.3) is 0 Å². The van der Waals surface area contributed by atoms with Crippen molar-refractivity contribution in [2.75, 3.05) is 18.0 Å². The number of nitrogens with zero attached hydrogens (tertiary/aromatic N) is 3. The van der Waals surface area contributed by atoms with Crippen molar-refractivity contribution in [1.82, 2.24) is 4.98 Å². The van der Waals surface area contributed by atoms with E-state index < -0.39 is 0 Å². The van der Waals surface area contributed by atoms with E-state index in [0.717, 1.165) is 36.1 Å². The lowest BCUT2D eigenvalue weighted by molar-refractivity contribution is 0.318. The highest BCUT2D eigenvalue weighted by atomic mass is 16.4. The Morgan fingerprint density at radius 1 is 1.58 bits per heavy atom. The molecule has 2 rings (SSSR count). The molecular formula is C14H22N4O. The van der Waals surface area contributed by atoms with Gasteiger partial charge in [0.05, 0.1) is 0 Å². The van der Waals surface area contributed by atoms with E-state index in [1.807, 2.05) is 19.1 Å². The quantitative estimate of drug-likeness (QED) is 0.377. The van der Waals surface area contributed by atoms with Gasteiger partial charge in [-0.25, -0.2) is 4.98 Å². The van der Waals surface area contributed by atoms with Crippen LogP contribution in [0, 0.1) is 12.8 Å². The van der Waals surface area contributed by atoms with E-state index >= 15 is 0 Å². The third-order valence-corrected chi connectivity index (χ3v) is 3.65. The monoisotopic (exact) mass is 262 g/mol. The van der Waals surface area contributed by atoms with Crippen molar-refractivity contribution < 1.29 is 5.21 Å². The SMILES string of the molecule is CCCC1CCN(c2cc(/C(N)=N/O)cc(C)n2)C1. The summed E-state index contributed by atoms with van der Waals surface area (Å²) >= 11 is 0. The maximum absolute atomic E-state index is 8.78. The summed E-state index contributed by atoms with van der Waals surface area (Å²) in [5.74, 6) is 1.83. The number of rotatable bonds is 4. The Bertz CT molecular complexity index is 473. The van der Waals surface area contributed by atoms with Gasteiger partial charge in [0.1, 0.15) is 5.82 Å². The van der Waals surface area contributed by atoms with E-state index in [0.29, 0.717) is 0 Å². The Labute approximate surface area is 114 Å². The fourth-order valence-corrected chi connectivity index (χ4v) is 2.70. The molecule has 3 N–H and O–H groups in total. The first-order valence-electron chi connectivity index (χ1n) is 6.85. The summed E-state index contributed by atoms with van der Waals surface area (Å²) in [7, 11) is 0. The van der Waals surface area contributed by atoms with Gasteiger partial charge in [0, 0.05) is 24.3 Å². The molecule has 1 aliphatic heterocycles. The molecule has 0 aromatic carbocycles. The summed E-state index contributed by atoms with van der Waals surface area (Å²) in [6, 6.07) is 3.73. The largest absolute Gasteiger partial charge is 0.409 e. The van der Waals surface area contributed by atoms with Gasteiger partial charge in [-0.1, -0.05) is 18.5 Å². The molecule has 0 bridgehead atoms. The number of anilines is 1. The van der Waals surface area contributed by atoms with Crippen molar-refractivity contribution in [1.29, 1.82) is 0 Å².